The van der Waals surface area contributed by atoms with Crippen LogP contribution >= 0.6 is 0 Å². The number of rotatable bonds is 5. The Morgan fingerprint density at radius 2 is 1.81 bits per heavy atom. The van der Waals surface area contributed by atoms with Gasteiger partial charge in [0.2, 0.25) is 21.8 Å². The fourth-order valence-electron chi connectivity index (χ4n) is 9.03. The fourth-order valence-corrected chi connectivity index (χ4v) is 10.3. The minimum Gasteiger partial charge on any atom is -0.483 e. The molecule has 0 unspecified atom stereocenters. The van der Waals surface area contributed by atoms with Gasteiger partial charge in [0, 0.05) is 36.4 Å². The number of allylic oxidation sites excluding steroid dienone is 1. The summed E-state index contributed by atoms with van der Waals surface area (Å²) in [7, 11) is -4.04. The number of aromatic nitrogens is 1. The lowest BCUT2D eigenvalue weighted by Crippen LogP contribution is -2.59. The zero-order valence-corrected chi connectivity index (χ0v) is 33.4. The number of amides is 5. The van der Waals surface area contributed by atoms with Gasteiger partial charge in [0.1, 0.15) is 34.7 Å². The molecule has 3 N–H and O–H groups in total. The Bertz CT molecular complexity index is 2170. The van der Waals surface area contributed by atoms with E-state index in [2.05, 4.69) is 25.1 Å². The van der Waals surface area contributed by atoms with Gasteiger partial charge in [-0.1, -0.05) is 25.0 Å². The molecule has 8 rings (SSSR count). The Kier molecular flexibility index (Phi) is 10.1. The van der Waals surface area contributed by atoms with Gasteiger partial charge in [0.25, 0.3) is 5.91 Å². The second-order valence-electron chi connectivity index (χ2n) is 17.1. The molecule has 4 aliphatic heterocycles. The number of fused-ring (bicyclic) bond motifs is 5. The molecule has 14 nitrogen and oxygen atoms in total. The van der Waals surface area contributed by atoms with Gasteiger partial charge in [-0.15, -0.1) is 13.2 Å². The van der Waals surface area contributed by atoms with E-state index in [1.54, 1.807) is 18.7 Å². The minimum atomic E-state index is -4.90. The lowest BCUT2D eigenvalue weighted by Gasteiger charge is -2.37. The van der Waals surface area contributed by atoms with Crippen molar-refractivity contribution in [2.24, 2.45) is 5.92 Å². The maximum absolute atomic E-state index is 14.8. The third kappa shape index (κ3) is 7.68. The predicted molar refractivity (Wildman–Crippen MR) is 204 cm³/mol. The van der Waals surface area contributed by atoms with Gasteiger partial charge < -0.3 is 29.9 Å². The quantitative estimate of drug-likeness (QED) is 0.362. The summed E-state index contributed by atoms with van der Waals surface area (Å²) in [6, 6.07) is 1.40. The van der Waals surface area contributed by atoms with Crippen LogP contribution in [0.2, 0.25) is 0 Å². The van der Waals surface area contributed by atoms with Crippen LogP contribution in [0.1, 0.15) is 95.2 Å². The Hall–Kier alpha value is -4.61. The van der Waals surface area contributed by atoms with Crippen molar-refractivity contribution in [1.82, 2.24) is 30.1 Å². The maximum atomic E-state index is 14.8. The van der Waals surface area contributed by atoms with E-state index in [0.29, 0.717) is 79.5 Å². The highest BCUT2D eigenvalue weighted by molar-refractivity contribution is 7.91. The van der Waals surface area contributed by atoms with Gasteiger partial charge in [-0.3, -0.25) is 19.1 Å². The molecule has 5 atom stereocenters. The molecule has 0 radical (unpaired) electrons. The molecule has 0 bridgehead atoms. The fraction of sp³-hybridized carbons (Fsp3) is 0.625. The topological polar surface area (TPSA) is 176 Å². The number of nitrogens with zero attached hydrogens (tertiary/aromatic N) is 3. The number of nitrogens with one attached hydrogen (secondary N) is 3. The molecule has 58 heavy (non-hydrogen) atoms. The number of alkyl halides is 3. The number of benzene rings is 1. The Labute approximate surface area is 334 Å². The zero-order valence-electron chi connectivity index (χ0n) is 32.6. The number of sulfonamides is 1. The van der Waals surface area contributed by atoms with E-state index in [4.69, 9.17) is 4.74 Å². The lowest BCUT2D eigenvalue weighted by molar-refractivity contribution is -0.274. The first-order chi connectivity index (χ1) is 27.4. The highest BCUT2D eigenvalue weighted by Gasteiger charge is 2.64. The Balaban J connectivity index is 1.13. The first kappa shape index (κ1) is 40.2. The summed E-state index contributed by atoms with van der Waals surface area (Å²) in [5.41, 5.74) is -1.19. The lowest BCUT2D eigenvalue weighted by atomic mass is 9.87. The summed E-state index contributed by atoms with van der Waals surface area (Å²) in [6.07, 6.45) is 5.28. The van der Waals surface area contributed by atoms with E-state index in [-0.39, 0.29) is 31.8 Å². The molecule has 1 spiro atoms. The molecule has 2 saturated heterocycles. The highest BCUT2D eigenvalue weighted by Crippen LogP contribution is 2.49. The number of pyridine rings is 1. The largest absolute Gasteiger partial charge is 0.573 e. The standard InChI is InChI=1S/C40H49F3N6O8S/c1-24-32-27(28-20-26(56-40(41,42)43)12-13-29(28)44-24)14-15-38(57-32)22-31-33(50)46-39(35(52)47-58(54,55)37(2)16-17-37)21-25(39)10-6-4-3-5-7-11-30(34(51)49(31)23-38)45-36(53)48-18-8-9-19-48/h6,10,12-13,20,25,30-31H,3-5,7-9,11,14-19,21-23H2,1-2H3,(H,45,53)(H,46,50)(H,47,52)/b10-6-/t25-,30+,31+,38-,39-/m1/s1. The first-order valence-electron chi connectivity index (χ1n) is 20.2. The summed E-state index contributed by atoms with van der Waals surface area (Å²) >= 11 is 0. The van der Waals surface area contributed by atoms with E-state index in [1.807, 2.05) is 12.2 Å². The van der Waals surface area contributed by atoms with Crippen LogP contribution in [-0.2, 0) is 30.8 Å². The second kappa shape index (κ2) is 14.6. The Morgan fingerprint density at radius 1 is 1.05 bits per heavy atom. The predicted octanol–water partition coefficient (Wildman–Crippen LogP) is 4.67. The van der Waals surface area contributed by atoms with E-state index in [9.17, 15) is 40.8 Å². The average Bonchev–Trinajstić information content (AvgIpc) is 3.93. The van der Waals surface area contributed by atoms with Crippen LogP contribution in [0.25, 0.3) is 10.9 Å². The van der Waals surface area contributed by atoms with Crippen molar-refractivity contribution >= 4 is 44.7 Å². The molecule has 1 aromatic heterocycles. The van der Waals surface area contributed by atoms with E-state index in [0.717, 1.165) is 25.7 Å². The number of halogens is 3. The summed E-state index contributed by atoms with van der Waals surface area (Å²) in [6.45, 7) is 4.35. The van der Waals surface area contributed by atoms with Gasteiger partial charge in [-0.05, 0) is 96.3 Å². The third-order valence-electron chi connectivity index (χ3n) is 12.9. The SMILES string of the molecule is Cc1nc2ccc(OC(F)(F)F)cc2c2c1O[C@]1(CC2)C[C@H]2C(=O)N[C@]3(C(=O)NS(=O)(=O)C4(C)CC4)C[C@H]3/C=C\CCCCC[C@H](NC(=O)N3CCCC3)C(=O)N2C1. The number of likely N-dealkylation sites (tertiary alicyclic amines) is 1. The van der Waals surface area contributed by atoms with Crippen LogP contribution in [0.4, 0.5) is 18.0 Å². The van der Waals surface area contributed by atoms with Crippen molar-refractivity contribution in [2.45, 2.75) is 132 Å². The number of hydrogen-bond donors (Lipinski definition) is 3. The van der Waals surface area contributed by atoms with E-state index >= 15 is 0 Å². The molecule has 2 aromatic rings. The zero-order chi connectivity index (χ0) is 41.3. The van der Waals surface area contributed by atoms with Crippen molar-refractivity contribution in [3.63, 3.8) is 0 Å². The van der Waals surface area contributed by atoms with Crippen LogP contribution in [0.15, 0.2) is 30.4 Å². The molecule has 5 amide bonds. The molecule has 5 heterocycles. The highest BCUT2D eigenvalue weighted by atomic mass is 32.2. The molecule has 314 valence electrons. The number of aryl methyl sites for hydroxylation is 2. The van der Waals surface area contributed by atoms with Crippen molar-refractivity contribution in [2.75, 3.05) is 19.6 Å². The van der Waals surface area contributed by atoms with Crippen molar-refractivity contribution < 1.29 is 50.2 Å². The van der Waals surface area contributed by atoms with Gasteiger partial charge >= 0.3 is 12.4 Å². The number of hydrogen-bond acceptors (Lipinski definition) is 9. The van der Waals surface area contributed by atoms with Crippen LogP contribution in [-0.4, -0.2) is 101 Å². The van der Waals surface area contributed by atoms with E-state index in [1.165, 1.54) is 23.1 Å². The smallest absolute Gasteiger partial charge is 0.483 e. The summed E-state index contributed by atoms with van der Waals surface area (Å²) in [5, 5.41) is 6.26. The van der Waals surface area contributed by atoms with Crippen LogP contribution in [0, 0.1) is 12.8 Å². The van der Waals surface area contributed by atoms with Crippen molar-refractivity contribution in [3.8, 4) is 11.5 Å². The van der Waals surface area contributed by atoms with Crippen LogP contribution in [0.3, 0.4) is 0 Å². The molecular weight excluding hydrogens is 782 g/mol. The number of carbonyl (C=O) groups excluding carboxylic acids is 4. The number of ether oxygens (including phenoxy) is 2. The van der Waals surface area contributed by atoms with Gasteiger partial charge in [0.15, 0.2) is 0 Å². The molecule has 18 heteroatoms. The maximum Gasteiger partial charge on any atom is 0.573 e. The monoisotopic (exact) mass is 830 g/mol. The molecule has 2 saturated carbocycles. The van der Waals surface area contributed by atoms with Gasteiger partial charge in [-0.2, -0.15) is 0 Å². The number of urea groups is 1. The first-order valence-corrected chi connectivity index (χ1v) is 21.7. The molecule has 4 fully saturated rings. The summed E-state index contributed by atoms with van der Waals surface area (Å²) in [5.74, 6) is -2.54. The summed E-state index contributed by atoms with van der Waals surface area (Å²) < 4.78 is 78.0. The van der Waals surface area contributed by atoms with Gasteiger partial charge in [-0.25, -0.2) is 18.2 Å². The third-order valence-corrected chi connectivity index (χ3v) is 15.0. The number of carbonyl (C=O) groups is 4. The normalized spacial score (nSPS) is 30.2. The van der Waals surface area contributed by atoms with Crippen LogP contribution < -0.4 is 24.8 Å². The van der Waals surface area contributed by atoms with Crippen molar-refractivity contribution in [3.05, 3.63) is 41.6 Å². The molecular formula is C40H49F3N6O8S. The molecule has 2 aliphatic carbocycles. The van der Waals surface area contributed by atoms with Crippen molar-refractivity contribution in [1.29, 1.82) is 0 Å². The van der Waals surface area contributed by atoms with Crippen LogP contribution in [0.5, 0.6) is 11.5 Å². The molecule has 6 aliphatic rings. The minimum absolute atomic E-state index is 0.0138. The average molecular weight is 831 g/mol. The molecule has 1 aromatic carbocycles. The summed E-state index contributed by atoms with van der Waals surface area (Å²) in [4.78, 5) is 64.5. The Morgan fingerprint density at radius 3 is 2.53 bits per heavy atom. The van der Waals surface area contributed by atoms with Gasteiger partial charge in [0.05, 0.1) is 22.5 Å². The van der Waals surface area contributed by atoms with E-state index < -0.39 is 73.7 Å². The second-order valence-corrected chi connectivity index (χ2v) is 19.3.